The van der Waals surface area contributed by atoms with Gasteiger partial charge in [0.05, 0.1) is 44.5 Å². The smallest absolute Gasteiger partial charge is 0.338 e. The molecule has 0 aliphatic carbocycles. The van der Waals surface area contributed by atoms with Crippen molar-refractivity contribution in [2.45, 2.75) is 33.4 Å². The number of nitrogens with zero attached hydrogens (tertiary/aromatic N) is 3. The molecule has 1 aliphatic heterocycles. The Bertz CT molecular complexity index is 2000. The predicted molar refractivity (Wildman–Crippen MR) is 175 cm³/mol. The first-order valence-electron chi connectivity index (χ1n) is 13.9. The number of fused-ring (bicyclic) bond motifs is 1. The number of ether oxygens (including phenoxy) is 3. The number of nitro benzene ring substituents is 1. The quantitative estimate of drug-likeness (QED) is 0.111. The topological polar surface area (TPSA) is 122 Å². The van der Waals surface area contributed by atoms with Crippen LogP contribution >= 0.6 is 38.9 Å². The van der Waals surface area contributed by atoms with Crippen LogP contribution in [0.15, 0.2) is 86.2 Å². The number of rotatable bonds is 10. The lowest BCUT2D eigenvalue weighted by molar-refractivity contribution is -0.386. The molecule has 5 rings (SSSR count). The van der Waals surface area contributed by atoms with Crippen LogP contribution in [0.25, 0.3) is 6.08 Å². The molecule has 1 atom stereocenters. The number of carbonyl (C=O) groups excluding carboxylic acids is 1. The lowest BCUT2D eigenvalue weighted by Gasteiger charge is -2.24. The van der Waals surface area contributed by atoms with Crippen LogP contribution < -0.4 is 24.4 Å². The average molecular weight is 713 g/mol. The molecule has 2 heterocycles. The molecule has 0 bridgehead atoms. The van der Waals surface area contributed by atoms with E-state index in [-0.39, 0.29) is 34.8 Å². The Morgan fingerprint density at radius 2 is 1.89 bits per heavy atom. The Labute approximate surface area is 275 Å². The van der Waals surface area contributed by atoms with E-state index >= 15 is 0 Å². The van der Waals surface area contributed by atoms with Crippen LogP contribution in [0.2, 0.25) is 5.02 Å². The van der Waals surface area contributed by atoms with E-state index in [1.54, 1.807) is 74.5 Å². The molecular formula is C32H27BrClN3O7S. The van der Waals surface area contributed by atoms with Crippen LogP contribution in [0.4, 0.5) is 5.69 Å². The van der Waals surface area contributed by atoms with Gasteiger partial charge in [-0.2, -0.15) is 0 Å². The van der Waals surface area contributed by atoms with Crippen LogP contribution in [0, 0.1) is 10.1 Å². The van der Waals surface area contributed by atoms with Crippen molar-refractivity contribution < 1.29 is 23.9 Å². The molecule has 13 heteroatoms. The van der Waals surface area contributed by atoms with Gasteiger partial charge >= 0.3 is 11.7 Å². The fourth-order valence-electron chi connectivity index (χ4n) is 4.91. The van der Waals surface area contributed by atoms with Gasteiger partial charge in [0.15, 0.2) is 4.80 Å². The molecule has 10 nitrogen and oxygen atoms in total. The number of allylic oxidation sites excluding steroid dienone is 1. The zero-order chi connectivity index (χ0) is 32.2. The molecule has 1 aliphatic rings. The maximum Gasteiger partial charge on any atom is 0.338 e. The van der Waals surface area contributed by atoms with E-state index in [9.17, 15) is 19.7 Å². The zero-order valence-electron chi connectivity index (χ0n) is 24.4. The highest BCUT2D eigenvalue weighted by atomic mass is 79.9. The predicted octanol–water partition coefficient (Wildman–Crippen LogP) is 6.10. The number of hydrogen-bond donors (Lipinski definition) is 0. The normalized spacial score (nSPS) is 14.5. The summed E-state index contributed by atoms with van der Waals surface area (Å²) in [7, 11) is 0. The number of hydrogen-bond acceptors (Lipinski definition) is 9. The third-order valence-corrected chi connectivity index (χ3v) is 8.64. The SMILES string of the molecule is CCOC(=O)C1=C(C)N=c2s/c(=C\c3cc(Br)c(OCc4cccc(Cl)c4)c([N+](=O)[O-])c3)c(=O)n2[C@H]1c1ccc(OCC)cc1. The monoisotopic (exact) mass is 711 g/mol. The van der Waals surface area contributed by atoms with Crippen molar-refractivity contribution in [3.8, 4) is 11.5 Å². The lowest BCUT2D eigenvalue weighted by Crippen LogP contribution is -2.39. The summed E-state index contributed by atoms with van der Waals surface area (Å²) in [6.45, 7) is 6.00. The van der Waals surface area contributed by atoms with Gasteiger partial charge < -0.3 is 14.2 Å². The fourth-order valence-corrected chi connectivity index (χ4v) is 6.76. The van der Waals surface area contributed by atoms with Crippen molar-refractivity contribution in [3.63, 3.8) is 0 Å². The number of esters is 1. The van der Waals surface area contributed by atoms with Crippen molar-refractivity contribution in [1.82, 2.24) is 4.57 Å². The highest BCUT2D eigenvalue weighted by molar-refractivity contribution is 9.10. The van der Waals surface area contributed by atoms with Gasteiger partial charge in [-0.15, -0.1) is 0 Å². The minimum Gasteiger partial charge on any atom is -0.494 e. The molecule has 1 aromatic heterocycles. The maximum atomic E-state index is 14.0. The van der Waals surface area contributed by atoms with Gasteiger partial charge in [0, 0.05) is 11.1 Å². The minimum absolute atomic E-state index is 0.0452. The van der Waals surface area contributed by atoms with E-state index in [2.05, 4.69) is 20.9 Å². The molecule has 232 valence electrons. The molecule has 0 fully saturated rings. The molecule has 0 saturated carbocycles. The molecule has 4 aromatic rings. The summed E-state index contributed by atoms with van der Waals surface area (Å²) in [5.74, 6) is 0.128. The molecule has 0 N–H and O–H groups in total. The third-order valence-electron chi connectivity index (χ3n) is 6.84. The summed E-state index contributed by atoms with van der Waals surface area (Å²) < 4.78 is 18.8. The maximum absolute atomic E-state index is 14.0. The highest BCUT2D eigenvalue weighted by Gasteiger charge is 2.33. The van der Waals surface area contributed by atoms with Gasteiger partial charge in [-0.05, 0) is 89.8 Å². The molecule has 0 saturated heterocycles. The standard InChI is InChI=1S/C32H27BrClN3O7S/c1-4-42-23-11-9-21(10-12-23)28-27(31(39)43-5-2)18(3)35-32-36(28)30(38)26(45-32)16-20-14-24(33)29(25(15-20)37(40)41)44-17-19-7-6-8-22(34)13-19/h6-16,28H,4-5,17H2,1-3H3/b26-16-/t28-/m0/s1. The van der Waals surface area contributed by atoms with Crippen molar-refractivity contribution in [1.29, 1.82) is 0 Å². The second-order valence-electron chi connectivity index (χ2n) is 9.83. The molecule has 0 amide bonds. The van der Waals surface area contributed by atoms with Crippen molar-refractivity contribution in [2.24, 2.45) is 4.99 Å². The number of halogens is 2. The van der Waals surface area contributed by atoms with Crippen molar-refractivity contribution >= 4 is 56.6 Å². The Morgan fingerprint density at radius 1 is 1.13 bits per heavy atom. The molecule has 3 aromatic carbocycles. The minimum atomic E-state index is -0.804. The molecule has 0 radical (unpaired) electrons. The first-order valence-corrected chi connectivity index (χ1v) is 15.9. The highest BCUT2D eigenvalue weighted by Crippen LogP contribution is 2.37. The second kappa shape index (κ2) is 13.8. The van der Waals surface area contributed by atoms with Gasteiger partial charge in [0.2, 0.25) is 5.75 Å². The average Bonchev–Trinajstić information content (AvgIpc) is 3.30. The van der Waals surface area contributed by atoms with E-state index in [1.165, 1.54) is 10.6 Å². The van der Waals surface area contributed by atoms with Gasteiger partial charge in [0.25, 0.3) is 5.56 Å². The van der Waals surface area contributed by atoms with Gasteiger partial charge in [-0.3, -0.25) is 19.5 Å². The number of benzene rings is 3. The number of carbonyl (C=O) groups is 1. The second-order valence-corrected chi connectivity index (χ2v) is 12.1. The van der Waals surface area contributed by atoms with Gasteiger partial charge in [-0.1, -0.05) is 47.2 Å². The number of nitro groups is 1. The van der Waals surface area contributed by atoms with E-state index in [1.807, 2.05) is 6.92 Å². The van der Waals surface area contributed by atoms with E-state index in [0.29, 0.717) is 43.5 Å². The largest absolute Gasteiger partial charge is 0.494 e. The lowest BCUT2D eigenvalue weighted by atomic mass is 9.96. The Morgan fingerprint density at radius 3 is 2.56 bits per heavy atom. The summed E-state index contributed by atoms with van der Waals surface area (Å²) >= 11 is 10.6. The summed E-state index contributed by atoms with van der Waals surface area (Å²) in [5, 5.41) is 12.6. The summed E-state index contributed by atoms with van der Waals surface area (Å²) in [4.78, 5) is 43.6. The van der Waals surface area contributed by atoms with Gasteiger partial charge in [-0.25, -0.2) is 9.79 Å². The van der Waals surface area contributed by atoms with Crippen molar-refractivity contribution in [3.05, 3.63) is 128 Å². The van der Waals surface area contributed by atoms with Crippen LogP contribution in [-0.2, 0) is 16.1 Å². The van der Waals surface area contributed by atoms with Crippen molar-refractivity contribution in [2.75, 3.05) is 13.2 Å². The summed E-state index contributed by atoms with van der Waals surface area (Å²) in [6.07, 6.45) is 1.56. The molecule has 0 unspecified atom stereocenters. The summed E-state index contributed by atoms with van der Waals surface area (Å²) in [6, 6.07) is 16.3. The fraction of sp³-hybridized carbons (Fsp3) is 0.219. The molecular weight excluding hydrogens is 686 g/mol. The summed E-state index contributed by atoms with van der Waals surface area (Å²) in [5.41, 5.74) is 1.80. The zero-order valence-corrected chi connectivity index (χ0v) is 27.6. The van der Waals surface area contributed by atoms with E-state index < -0.39 is 22.5 Å². The Kier molecular flexibility index (Phi) is 9.86. The van der Waals surface area contributed by atoms with Crippen LogP contribution in [-0.4, -0.2) is 28.7 Å². The Hall–Kier alpha value is -4.26. The van der Waals surface area contributed by atoms with Crippen LogP contribution in [0.3, 0.4) is 0 Å². The van der Waals surface area contributed by atoms with Crippen LogP contribution in [0.1, 0.15) is 43.5 Å². The molecule has 45 heavy (non-hydrogen) atoms. The van der Waals surface area contributed by atoms with Crippen LogP contribution in [0.5, 0.6) is 11.5 Å². The Balaban J connectivity index is 1.59. The van der Waals surface area contributed by atoms with E-state index in [0.717, 1.165) is 16.9 Å². The number of aromatic nitrogens is 1. The number of thiazole rings is 1. The first-order chi connectivity index (χ1) is 21.6. The first kappa shape index (κ1) is 32.1. The van der Waals surface area contributed by atoms with Gasteiger partial charge in [0.1, 0.15) is 12.4 Å². The van der Waals surface area contributed by atoms with E-state index in [4.69, 9.17) is 25.8 Å². The third kappa shape index (κ3) is 6.87. The molecule has 0 spiro atoms.